The number of carbonyl (C=O) groups is 1. The molecule has 1 rings (SSSR count). The molecule has 0 aromatic carbocycles. The Morgan fingerprint density at radius 1 is 1.43 bits per heavy atom. The van der Waals surface area contributed by atoms with E-state index in [2.05, 4.69) is 4.72 Å². The van der Waals surface area contributed by atoms with Crippen molar-refractivity contribution in [2.45, 2.75) is 43.3 Å². The van der Waals surface area contributed by atoms with Crippen LogP contribution in [0.5, 0.6) is 0 Å². The monoisotopic (exact) mass is 351 g/mol. The van der Waals surface area contributed by atoms with Gasteiger partial charge in [0.25, 0.3) is 0 Å². The van der Waals surface area contributed by atoms with Crippen molar-refractivity contribution in [3.05, 3.63) is 15.8 Å². The SMILES string of the molecule is CCC(CC)(CNS(=O)(=O)c1cc(C(=O)O)sc1C)SC. The summed E-state index contributed by atoms with van der Waals surface area (Å²) in [5, 5.41) is 8.95. The Hall–Kier alpha value is -0.570. The summed E-state index contributed by atoms with van der Waals surface area (Å²) < 4.78 is 27.2. The standard InChI is InChI=1S/C13H21NO4S3/c1-5-13(6-2,19-4)8-14-21(17,18)11-7-10(12(15)16)20-9(11)3/h7,14H,5-6,8H2,1-4H3,(H,15,16). The van der Waals surface area contributed by atoms with E-state index in [1.807, 2.05) is 20.1 Å². The molecule has 0 fully saturated rings. The van der Waals surface area contributed by atoms with Crippen molar-refractivity contribution >= 4 is 39.1 Å². The maximum Gasteiger partial charge on any atom is 0.345 e. The molecule has 0 aliphatic carbocycles. The van der Waals surface area contributed by atoms with Gasteiger partial charge in [-0.2, -0.15) is 11.8 Å². The van der Waals surface area contributed by atoms with Crippen LogP contribution in [0.25, 0.3) is 0 Å². The van der Waals surface area contributed by atoms with Crippen LogP contribution >= 0.6 is 23.1 Å². The van der Waals surface area contributed by atoms with Crippen LogP contribution in [0.3, 0.4) is 0 Å². The molecule has 0 saturated heterocycles. The third kappa shape index (κ3) is 4.21. The highest BCUT2D eigenvalue weighted by molar-refractivity contribution is 8.00. The quantitative estimate of drug-likeness (QED) is 0.752. The van der Waals surface area contributed by atoms with Gasteiger partial charge in [-0.1, -0.05) is 13.8 Å². The Morgan fingerprint density at radius 2 is 2.00 bits per heavy atom. The lowest BCUT2D eigenvalue weighted by Gasteiger charge is -2.29. The molecule has 0 amide bonds. The van der Waals surface area contributed by atoms with Gasteiger partial charge in [0.15, 0.2) is 0 Å². The number of sulfonamides is 1. The highest BCUT2D eigenvalue weighted by atomic mass is 32.2. The van der Waals surface area contributed by atoms with Crippen molar-refractivity contribution in [1.82, 2.24) is 4.72 Å². The molecule has 1 heterocycles. The van der Waals surface area contributed by atoms with Gasteiger partial charge in [-0.3, -0.25) is 0 Å². The van der Waals surface area contributed by atoms with Crippen molar-refractivity contribution in [2.75, 3.05) is 12.8 Å². The van der Waals surface area contributed by atoms with Crippen LogP contribution in [-0.4, -0.2) is 37.0 Å². The maximum absolute atomic E-state index is 12.4. The first-order valence-electron chi connectivity index (χ1n) is 6.60. The fraction of sp³-hybridized carbons (Fsp3) is 0.615. The zero-order valence-electron chi connectivity index (χ0n) is 12.6. The smallest absolute Gasteiger partial charge is 0.345 e. The Kier molecular flexibility index (Phi) is 6.27. The van der Waals surface area contributed by atoms with Crippen molar-refractivity contribution in [2.24, 2.45) is 0 Å². The number of carboxylic acids is 1. The second kappa shape index (κ2) is 7.13. The van der Waals surface area contributed by atoms with Gasteiger partial charge < -0.3 is 5.11 Å². The third-order valence-electron chi connectivity index (χ3n) is 3.68. The molecular weight excluding hydrogens is 330 g/mol. The molecule has 0 aliphatic rings. The van der Waals surface area contributed by atoms with Crippen LogP contribution in [0.4, 0.5) is 0 Å². The van der Waals surface area contributed by atoms with Gasteiger partial charge in [0.05, 0.1) is 4.90 Å². The van der Waals surface area contributed by atoms with E-state index in [0.29, 0.717) is 11.4 Å². The summed E-state index contributed by atoms with van der Waals surface area (Å²) in [5.41, 5.74) is 0. The van der Waals surface area contributed by atoms with Gasteiger partial charge in [0.2, 0.25) is 10.0 Å². The normalized spacial score (nSPS) is 12.6. The molecule has 0 radical (unpaired) electrons. The number of aryl methyl sites for hydroxylation is 1. The summed E-state index contributed by atoms with van der Waals surface area (Å²) in [6.07, 6.45) is 3.69. The van der Waals surface area contributed by atoms with Gasteiger partial charge in [-0.15, -0.1) is 11.3 Å². The molecule has 8 heteroatoms. The summed E-state index contributed by atoms with van der Waals surface area (Å²) in [7, 11) is -3.68. The lowest BCUT2D eigenvalue weighted by atomic mass is 10.0. The van der Waals surface area contributed by atoms with E-state index in [-0.39, 0.29) is 14.5 Å². The summed E-state index contributed by atoms with van der Waals surface area (Å²) in [5.74, 6) is -1.11. The summed E-state index contributed by atoms with van der Waals surface area (Å²) >= 11 is 2.63. The molecule has 0 aliphatic heterocycles. The van der Waals surface area contributed by atoms with Crippen LogP contribution in [-0.2, 0) is 10.0 Å². The molecule has 2 N–H and O–H groups in total. The number of nitrogens with one attached hydrogen (secondary N) is 1. The second-order valence-electron chi connectivity index (χ2n) is 4.76. The van der Waals surface area contributed by atoms with Crippen molar-refractivity contribution < 1.29 is 18.3 Å². The molecule has 0 saturated carbocycles. The molecule has 0 bridgehead atoms. The zero-order chi connectivity index (χ0) is 16.3. The van der Waals surface area contributed by atoms with Gasteiger partial charge in [0.1, 0.15) is 4.88 Å². The first-order chi connectivity index (χ1) is 9.71. The maximum atomic E-state index is 12.4. The van der Waals surface area contributed by atoms with Gasteiger partial charge >= 0.3 is 5.97 Å². The summed E-state index contributed by atoms with van der Waals surface area (Å²) in [6, 6.07) is 1.23. The lowest BCUT2D eigenvalue weighted by Crippen LogP contribution is -2.39. The van der Waals surface area contributed by atoms with Gasteiger partial charge in [-0.05, 0) is 32.1 Å². The van der Waals surface area contributed by atoms with E-state index in [9.17, 15) is 13.2 Å². The fourth-order valence-corrected chi connectivity index (χ4v) is 5.44. The molecule has 1 aromatic rings. The fourth-order valence-electron chi connectivity index (χ4n) is 2.00. The first kappa shape index (κ1) is 18.5. The molecule has 5 nitrogen and oxygen atoms in total. The molecule has 0 spiro atoms. The predicted molar refractivity (Wildman–Crippen MR) is 88.0 cm³/mol. The average Bonchev–Trinajstić information content (AvgIpc) is 2.84. The largest absolute Gasteiger partial charge is 0.477 e. The Morgan fingerprint density at radius 3 is 2.38 bits per heavy atom. The lowest BCUT2D eigenvalue weighted by molar-refractivity contribution is 0.0702. The van der Waals surface area contributed by atoms with E-state index in [1.54, 1.807) is 18.7 Å². The molecule has 0 unspecified atom stereocenters. The number of aromatic carboxylic acids is 1. The first-order valence-corrected chi connectivity index (χ1v) is 10.1. The van der Waals surface area contributed by atoms with Crippen LogP contribution in [0.2, 0.25) is 0 Å². The minimum Gasteiger partial charge on any atom is -0.477 e. The van der Waals surface area contributed by atoms with Crippen LogP contribution in [0, 0.1) is 6.92 Å². The third-order valence-corrected chi connectivity index (χ3v) is 7.96. The Labute approximate surface area is 134 Å². The highest BCUT2D eigenvalue weighted by Gasteiger charge is 2.29. The van der Waals surface area contributed by atoms with E-state index in [4.69, 9.17) is 5.11 Å². The highest BCUT2D eigenvalue weighted by Crippen LogP contribution is 2.31. The summed E-state index contributed by atoms with van der Waals surface area (Å²) in [4.78, 5) is 11.5. The van der Waals surface area contributed by atoms with E-state index >= 15 is 0 Å². The number of carboxylic acid groups (broad SMARTS) is 1. The number of hydrogen-bond donors (Lipinski definition) is 2. The summed E-state index contributed by atoms with van der Waals surface area (Å²) in [6.45, 7) is 6.02. The van der Waals surface area contributed by atoms with Crippen LogP contribution < -0.4 is 4.72 Å². The molecular formula is C13H21NO4S3. The predicted octanol–water partition coefficient (Wildman–Crippen LogP) is 2.95. The van der Waals surface area contributed by atoms with E-state index in [0.717, 1.165) is 24.2 Å². The average molecular weight is 352 g/mol. The van der Waals surface area contributed by atoms with Crippen LogP contribution in [0.15, 0.2) is 11.0 Å². The van der Waals surface area contributed by atoms with Gasteiger partial charge in [-0.25, -0.2) is 17.9 Å². The Balaban J connectivity index is 3.00. The second-order valence-corrected chi connectivity index (χ2v) is 9.02. The van der Waals surface area contributed by atoms with Crippen molar-refractivity contribution in [3.8, 4) is 0 Å². The van der Waals surface area contributed by atoms with E-state index < -0.39 is 16.0 Å². The number of thiophene rings is 1. The molecule has 0 atom stereocenters. The zero-order valence-corrected chi connectivity index (χ0v) is 15.0. The topological polar surface area (TPSA) is 83.5 Å². The molecule has 21 heavy (non-hydrogen) atoms. The molecule has 120 valence electrons. The number of hydrogen-bond acceptors (Lipinski definition) is 5. The molecule has 1 aromatic heterocycles. The minimum absolute atomic E-state index is 0.0370. The van der Waals surface area contributed by atoms with Crippen molar-refractivity contribution in [1.29, 1.82) is 0 Å². The number of rotatable bonds is 8. The number of thioether (sulfide) groups is 1. The minimum atomic E-state index is -3.68. The Bertz CT molecular complexity index is 595. The van der Waals surface area contributed by atoms with Crippen molar-refractivity contribution in [3.63, 3.8) is 0 Å². The van der Waals surface area contributed by atoms with Crippen LogP contribution in [0.1, 0.15) is 41.2 Å². The van der Waals surface area contributed by atoms with Gasteiger partial charge in [0, 0.05) is 16.2 Å². The van der Waals surface area contributed by atoms with E-state index in [1.165, 1.54) is 6.07 Å².